The lowest BCUT2D eigenvalue weighted by Crippen LogP contribution is -2.02. The third-order valence-electron chi connectivity index (χ3n) is 3.10. The Bertz CT molecular complexity index is 797. The minimum Gasteiger partial charge on any atom is -0.277 e. The number of nitrogens with zero attached hydrogens (tertiary/aromatic N) is 5. The zero-order valence-corrected chi connectivity index (χ0v) is 12.6. The molecular weight excluding hydrogens is 300 g/mol. The van der Waals surface area contributed by atoms with Crippen LogP contribution >= 0.6 is 11.6 Å². The lowest BCUT2D eigenvalue weighted by Gasteiger charge is -2.06. The number of halogens is 1. The van der Waals surface area contributed by atoms with Gasteiger partial charge in [-0.3, -0.25) is 5.43 Å². The highest BCUT2D eigenvalue weighted by atomic mass is 35.5. The van der Waals surface area contributed by atoms with Gasteiger partial charge in [0.2, 0.25) is 0 Å². The van der Waals surface area contributed by atoms with Gasteiger partial charge in [-0.05, 0) is 47.2 Å². The molecule has 22 heavy (non-hydrogen) atoms. The number of anilines is 1. The molecule has 6 nitrogen and oxygen atoms in total. The van der Waals surface area contributed by atoms with E-state index in [0.717, 1.165) is 22.6 Å². The summed E-state index contributed by atoms with van der Waals surface area (Å²) in [6.45, 7) is 1.92. The van der Waals surface area contributed by atoms with E-state index < -0.39 is 0 Å². The van der Waals surface area contributed by atoms with Crippen LogP contribution in [-0.4, -0.2) is 25.9 Å². The first-order valence-electron chi connectivity index (χ1n) is 6.62. The van der Waals surface area contributed by atoms with Crippen LogP contribution in [0.1, 0.15) is 12.5 Å². The van der Waals surface area contributed by atoms with Crippen LogP contribution in [-0.2, 0) is 0 Å². The molecule has 110 valence electrons. The standard InChI is InChI=1S/C15H13ClN6/c1-11(18-19-15-8-3-2-7-14(15)16)12-5-4-6-13(9-12)22-10-17-20-21-22/h2-10,19H,1H3/b18-11+. The van der Waals surface area contributed by atoms with Gasteiger partial charge in [-0.15, -0.1) is 5.10 Å². The van der Waals surface area contributed by atoms with E-state index in [4.69, 9.17) is 11.6 Å². The number of hydrogen-bond donors (Lipinski definition) is 1. The number of benzene rings is 2. The molecule has 0 fully saturated rings. The molecule has 1 N–H and O–H groups in total. The second-order valence-electron chi connectivity index (χ2n) is 4.59. The fourth-order valence-corrected chi connectivity index (χ4v) is 2.09. The Kier molecular flexibility index (Phi) is 4.11. The lowest BCUT2D eigenvalue weighted by molar-refractivity contribution is 0.789. The van der Waals surface area contributed by atoms with Gasteiger partial charge in [0.15, 0.2) is 0 Å². The van der Waals surface area contributed by atoms with E-state index >= 15 is 0 Å². The first kappa shape index (κ1) is 14.2. The minimum atomic E-state index is 0.626. The van der Waals surface area contributed by atoms with E-state index in [2.05, 4.69) is 26.1 Å². The van der Waals surface area contributed by atoms with Gasteiger partial charge in [-0.1, -0.05) is 35.9 Å². The Balaban J connectivity index is 1.83. The van der Waals surface area contributed by atoms with Gasteiger partial charge in [0, 0.05) is 0 Å². The Hall–Kier alpha value is -2.73. The van der Waals surface area contributed by atoms with Crippen LogP contribution in [0, 0.1) is 0 Å². The third kappa shape index (κ3) is 3.12. The van der Waals surface area contributed by atoms with Crippen LogP contribution in [0.15, 0.2) is 60.0 Å². The average molecular weight is 313 g/mol. The quantitative estimate of drug-likeness (QED) is 0.593. The van der Waals surface area contributed by atoms with Crippen LogP contribution < -0.4 is 5.43 Å². The lowest BCUT2D eigenvalue weighted by atomic mass is 10.1. The highest BCUT2D eigenvalue weighted by molar-refractivity contribution is 6.33. The van der Waals surface area contributed by atoms with Crippen molar-refractivity contribution in [2.75, 3.05) is 5.43 Å². The van der Waals surface area contributed by atoms with Crippen molar-refractivity contribution in [1.82, 2.24) is 20.2 Å². The molecule has 0 aliphatic rings. The van der Waals surface area contributed by atoms with E-state index in [0.29, 0.717) is 5.02 Å². The zero-order valence-electron chi connectivity index (χ0n) is 11.8. The largest absolute Gasteiger partial charge is 0.277 e. The van der Waals surface area contributed by atoms with Crippen LogP contribution in [0.4, 0.5) is 5.69 Å². The van der Waals surface area contributed by atoms with Gasteiger partial charge in [-0.25, -0.2) is 4.68 Å². The molecule has 0 radical (unpaired) electrons. The smallest absolute Gasteiger partial charge is 0.143 e. The maximum absolute atomic E-state index is 6.09. The fourth-order valence-electron chi connectivity index (χ4n) is 1.91. The molecular formula is C15H13ClN6. The molecule has 0 atom stereocenters. The van der Waals surface area contributed by atoms with Crippen molar-refractivity contribution < 1.29 is 0 Å². The Morgan fingerprint density at radius 1 is 1.18 bits per heavy atom. The van der Waals surface area contributed by atoms with E-state index in [1.54, 1.807) is 11.0 Å². The number of para-hydroxylation sites is 1. The number of rotatable bonds is 4. The third-order valence-corrected chi connectivity index (χ3v) is 3.42. The second-order valence-corrected chi connectivity index (χ2v) is 5.00. The molecule has 0 unspecified atom stereocenters. The van der Waals surface area contributed by atoms with E-state index in [1.807, 2.05) is 55.5 Å². The molecule has 0 saturated heterocycles. The van der Waals surface area contributed by atoms with Gasteiger partial charge >= 0.3 is 0 Å². The predicted octanol–water partition coefficient (Wildman–Crippen LogP) is 3.15. The topological polar surface area (TPSA) is 68.0 Å². The minimum absolute atomic E-state index is 0.626. The van der Waals surface area contributed by atoms with Crippen molar-refractivity contribution in [3.63, 3.8) is 0 Å². The van der Waals surface area contributed by atoms with Crippen molar-refractivity contribution >= 4 is 23.0 Å². The first-order valence-corrected chi connectivity index (χ1v) is 7.00. The summed E-state index contributed by atoms with van der Waals surface area (Å²) in [4.78, 5) is 0. The normalized spacial score (nSPS) is 11.5. The molecule has 0 bridgehead atoms. The maximum Gasteiger partial charge on any atom is 0.143 e. The SMILES string of the molecule is C/C(=N\Nc1ccccc1Cl)c1cccc(-n2cnnn2)c1. The summed E-state index contributed by atoms with van der Waals surface area (Å²) in [7, 11) is 0. The Morgan fingerprint density at radius 2 is 2.05 bits per heavy atom. The van der Waals surface area contributed by atoms with Gasteiger partial charge in [-0.2, -0.15) is 5.10 Å². The van der Waals surface area contributed by atoms with E-state index in [-0.39, 0.29) is 0 Å². The summed E-state index contributed by atoms with van der Waals surface area (Å²) < 4.78 is 1.60. The predicted molar refractivity (Wildman–Crippen MR) is 86.4 cm³/mol. The van der Waals surface area contributed by atoms with Gasteiger partial charge in [0.05, 0.1) is 22.1 Å². The maximum atomic E-state index is 6.09. The van der Waals surface area contributed by atoms with Crippen LogP contribution in [0.2, 0.25) is 5.02 Å². The van der Waals surface area contributed by atoms with Crippen molar-refractivity contribution in [1.29, 1.82) is 0 Å². The summed E-state index contributed by atoms with van der Waals surface area (Å²) in [6.07, 6.45) is 1.55. The molecule has 3 rings (SSSR count). The zero-order chi connectivity index (χ0) is 15.4. The number of nitrogens with one attached hydrogen (secondary N) is 1. The van der Waals surface area contributed by atoms with Crippen LogP contribution in [0.5, 0.6) is 0 Å². The first-order chi connectivity index (χ1) is 10.7. The van der Waals surface area contributed by atoms with Gasteiger partial charge < -0.3 is 0 Å². The van der Waals surface area contributed by atoms with Crippen molar-refractivity contribution in [3.8, 4) is 5.69 Å². The molecule has 7 heteroatoms. The summed E-state index contributed by atoms with van der Waals surface area (Å²) in [5.41, 5.74) is 6.40. The second kappa shape index (κ2) is 6.36. The van der Waals surface area contributed by atoms with E-state index in [1.165, 1.54) is 0 Å². The number of tetrazole rings is 1. The molecule has 0 aliphatic heterocycles. The van der Waals surface area contributed by atoms with E-state index in [9.17, 15) is 0 Å². The molecule has 1 heterocycles. The molecule has 0 spiro atoms. The molecule has 0 aliphatic carbocycles. The van der Waals surface area contributed by atoms with Crippen LogP contribution in [0.25, 0.3) is 5.69 Å². The number of hydrazone groups is 1. The van der Waals surface area contributed by atoms with Gasteiger partial charge in [0.1, 0.15) is 6.33 Å². The van der Waals surface area contributed by atoms with Crippen molar-refractivity contribution in [2.45, 2.75) is 6.92 Å². The molecule has 2 aromatic carbocycles. The van der Waals surface area contributed by atoms with Crippen LogP contribution in [0.3, 0.4) is 0 Å². The molecule has 3 aromatic rings. The molecule has 0 saturated carbocycles. The summed E-state index contributed by atoms with van der Waals surface area (Å²) in [5, 5.41) is 16.1. The summed E-state index contributed by atoms with van der Waals surface area (Å²) in [5.74, 6) is 0. The summed E-state index contributed by atoms with van der Waals surface area (Å²) in [6, 6.07) is 15.3. The highest BCUT2D eigenvalue weighted by Crippen LogP contribution is 2.20. The molecule has 1 aromatic heterocycles. The fraction of sp³-hybridized carbons (Fsp3) is 0.0667. The number of aromatic nitrogens is 4. The van der Waals surface area contributed by atoms with Crippen molar-refractivity contribution in [2.24, 2.45) is 5.10 Å². The summed E-state index contributed by atoms with van der Waals surface area (Å²) >= 11 is 6.09. The molecule has 0 amide bonds. The number of hydrogen-bond acceptors (Lipinski definition) is 5. The highest BCUT2D eigenvalue weighted by Gasteiger charge is 2.03. The average Bonchev–Trinajstić information content (AvgIpc) is 3.08. The monoisotopic (exact) mass is 312 g/mol. The van der Waals surface area contributed by atoms with Crippen molar-refractivity contribution in [3.05, 3.63) is 65.4 Å². The Labute approximate surface area is 132 Å². The Morgan fingerprint density at radius 3 is 2.82 bits per heavy atom. The van der Waals surface area contributed by atoms with Gasteiger partial charge in [0.25, 0.3) is 0 Å².